The van der Waals surface area contributed by atoms with E-state index in [2.05, 4.69) is 86.8 Å². The molecule has 0 bridgehead atoms. The molecule has 0 amide bonds. The molecule has 280 valence electrons. The molecule has 0 spiro atoms. The Kier molecular flexibility index (Phi) is 33.5. The van der Waals surface area contributed by atoms with Gasteiger partial charge in [0.1, 0.15) is 6.61 Å². The van der Waals surface area contributed by atoms with Crippen LogP contribution in [-0.2, 0) is 32.7 Å². The van der Waals surface area contributed by atoms with E-state index in [1.807, 2.05) is 0 Å². The summed E-state index contributed by atoms with van der Waals surface area (Å²) in [6.45, 7) is 5.22. The van der Waals surface area contributed by atoms with Crippen LogP contribution in [0.15, 0.2) is 72.9 Å². The minimum atomic E-state index is -4.29. The molecular weight excluding hydrogens is 639 g/mol. The van der Waals surface area contributed by atoms with E-state index in [1.54, 1.807) is 6.92 Å². The van der Waals surface area contributed by atoms with Gasteiger partial charge >= 0.3 is 19.8 Å². The Bertz CT molecular complexity index is 1030. The molecule has 0 saturated carbocycles. The molecule has 8 nitrogen and oxygen atoms in total. The second-order valence-electron chi connectivity index (χ2n) is 11.9. The molecule has 0 aromatic rings. The highest BCUT2D eigenvalue weighted by molar-refractivity contribution is 7.47. The predicted octanol–water partition coefficient (Wildman–Crippen LogP) is 11.4. The highest BCUT2D eigenvalue weighted by atomic mass is 31.2. The Balaban J connectivity index is 4.28. The first-order chi connectivity index (χ1) is 23.8. The fraction of sp³-hybridized carbons (Fsp3) is 0.650. The van der Waals surface area contributed by atoms with Crippen LogP contribution in [-0.4, -0.2) is 42.8 Å². The lowest BCUT2D eigenvalue weighted by molar-refractivity contribution is -0.161. The minimum absolute atomic E-state index is 0.0139. The third kappa shape index (κ3) is 35.1. The first kappa shape index (κ1) is 46.5. The number of esters is 2. The van der Waals surface area contributed by atoms with Gasteiger partial charge in [0, 0.05) is 12.8 Å². The molecule has 0 aliphatic rings. The third-order valence-corrected chi connectivity index (χ3v) is 8.31. The van der Waals surface area contributed by atoms with Crippen LogP contribution >= 0.6 is 7.82 Å². The molecule has 9 heteroatoms. The Morgan fingerprint density at radius 1 is 0.571 bits per heavy atom. The molecule has 1 N–H and O–H groups in total. The number of hydrogen-bond acceptors (Lipinski definition) is 7. The van der Waals surface area contributed by atoms with Gasteiger partial charge in [0.2, 0.25) is 0 Å². The summed E-state index contributed by atoms with van der Waals surface area (Å²) in [5.74, 6) is -0.872. The summed E-state index contributed by atoms with van der Waals surface area (Å²) < 4.78 is 32.4. The quantitative estimate of drug-likeness (QED) is 0.0311. The zero-order valence-electron chi connectivity index (χ0n) is 30.8. The van der Waals surface area contributed by atoms with Crippen LogP contribution in [0.4, 0.5) is 0 Å². The number of phosphoric acid groups is 1. The maximum absolute atomic E-state index is 12.5. The third-order valence-electron chi connectivity index (χ3n) is 7.25. The van der Waals surface area contributed by atoms with Crippen molar-refractivity contribution in [3.8, 4) is 0 Å². The largest absolute Gasteiger partial charge is 0.472 e. The van der Waals surface area contributed by atoms with Gasteiger partial charge in [-0.25, -0.2) is 4.57 Å². The van der Waals surface area contributed by atoms with Crippen molar-refractivity contribution in [3.63, 3.8) is 0 Å². The number of carbonyl (C=O) groups is 2. The zero-order valence-corrected chi connectivity index (χ0v) is 31.7. The smallest absolute Gasteiger partial charge is 0.462 e. The summed E-state index contributed by atoms with van der Waals surface area (Å²) in [4.78, 5) is 34.6. The van der Waals surface area contributed by atoms with Gasteiger partial charge in [-0.1, -0.05) is 119 Å². The van der Waals surface area contributed by atoms with E-state index in [9.17, 15) is 19.0 Å². The molecular formula is C40H67O8P. The van der Waals surface area contributed by atoms with Crippen LogP contribution < -0.4 is 0 Å². The maximum atomic E-state index is 12.5. The lowest BCUT2D eigenvalue weighted by Gasteiger charge is -2.19. The van der Waals surface area contributed by atoms with E-state index in [0.717, 1.165) is 83.5 Å². The first-order valence-corrected chi connectivity index (χ1v) is 20.2. The van der Waals surface area contributed by atoms with Gasteiger partial charge in [0.15, 0.2) is 6.10 Å². The summed E-state index contributed by atoms with van der Waals surface area (Å²) >= 11 is 0. The number of phosphoric ester groups is 1. The second-order valence-corrected chi connectivity index (χ2v) is 13.3. The molecule has 2 atom stereocenters. The Morgan fingerprint density at radius 3 is 1.61 bits per heavy atom. The Hall–Kier alpha value is -2.51. The van der Waals surface area contributed by atoms with Crippen molar-refractivity contribution in [1.29, 1.82) is 0 Å². The number of allylic oxidation sites excluding steroid dienone is 12. The van der Waals surface area contributed by atoms with Gasteiger partial charge in [0.05, 0.1) is 13.2 Å². The molecule has 0 heterocycles. The van der Waals surface area contributed by atoms with E-state index < -0.39 is 32.5 Å². The molecule has 0 rings (SSSR count). The number of rotatable bonds is 33. The standard InChI is InChI=1S/C40H67O8P/c1-4-7-9-11-13-15-17-19-21-23-25-27-29-31-33-35-40(42)48-38(37-47-49(43,44)46-6-3)36-45-39(41)34-32-30-28-26-24-22-20-18-16-14-12-10-8-5-2/h7,9,12-15,18-21,25,27,38H,4-6,8,10-11,16-17,22-24,26,28-37H2,1-3H3,(H,43,44)/b9-7-,14-12-,15-13-,20-18-,21-19-,27-25-. The van der Waals surface area contributed by atoms with Gasteiger partial charge in [-0.15, -0.1) is 0 Å². The average molecular weight is 707 g/mol. The molecule has 2 unspecified atom stereocenters. The van der Waals surface area contributed by atoms with Crippen molar-refractivity contribution >= 4 is 19.8 Å². The number of unbranched alkanes of at least 4 members (excludes halogenated alkanes) is 9. The van der Waals surface area contributed by atoms with Crippen LogP contribution in [0, 0.1) is 0 Å². The Morgan fingerprint density at radius 2 is 1.04 bits per heavy atom. The van der Waals surface area contributed by atoms with Crippen molar-refractivity contribution in [2.75, 3.05) is 19.8 Å². The van der Waals surface area contributed by atoms with Crippen molar-refractivity contribution in [2.45, 2.75) is 149 Å². The molecule has 0 saturated heterocycles. The summed E-state index contributed by atoms with van der Waals surface area (Å²) in [6.07, 6.45) is 42.4. The topological polar surface area (TPSA) is 108 Å². The van der Waals surface area contributed by atoms with Crippen molar-refractivity contribution in [3.05, 3.63) is 72.9 Å². The van der Waals surface area contributed by atoms with E-state index in [0.29, 0.717) is 12.8 Å². The highest BCUT2D eigenvalue weighted by Crippen LogP contribution is 2.43. The molecule has 0 aliphatic carbocycles. The highest BCUT2D eigenvalue weighted by Gasteiger charge is 2.25. The SMILES string of the molecule is CC/C=C\C/C=C\C/C=C\C/C=C\CCCCC(=O)OC(COC(=O)CCCCCCC/C=C\C/C=C\CCCC)COP(=O)(O)OCC. The van der Waals surface area contributed by atoms with E-state index in [-0.39, 0.29) is 26.1 Å². The summed E-state index contributed by atoms with van der Waals surface area (Å²) in [5, 5.41) is 0. The van der Waals surface area contributed by atoms with Gasteiger partial charge in [0.25, 0.3) is 0 Å². The minimum Gasteiger partial charge on any atom is -0.462 e. The maximum Gasteiger partial charge on any atom is 0.472 e. The van der Waals surface area contributed by atoms with Crippen LogP contribution in [0.25, 0.3) is 0 Å². The lowest BCUT2D eigenvalue weighted by Crippen LogP contribution is -2.29. The predicted molar refractivity (Wildman–Crippen MR) is 202 cm³/mol. The lowest BCUT2D eigenvalue weighted by atomic mass is 10.1. The van der Waals surface area contributed by atoms with Gasteiger partial charge in [-0.3, -0.25) is 18.6 Å². The molecule has 0 aromatic heterocycles. The van der Waals surface area contributed by atoms with Crippen LogP contribution in [0.3, 0.4) is 0 Å². The normalized spacial score (nSPS) is 14.3. The molecule has 49 heavy (non-hydrogen) atoms. The first-order valence-electron chi connectivity index (χ1n) is 18.7. The van der Waals surface area contributed by atoms with Crippen LogP contribution in [0.1, 0.15) is 143 Å². The summed E-state index contributed by atoms with van der Waals surface area (Å²) in [7, 11) is -4.29. The average Bonchev–Trinajstić information content (AvgIpc) is 3.07. The number of ether oxygens (including phenoxy) is 2. The van der Waals surface area contributed by atoms with E-state index in [1.165, 1.54) is 12.8 Å². The van der Waals surface area contributed by atoms with Crippen LogP contribution in [0.2, 0.25) is 0 Å². The fourth-order valence-corrected chi connectivity index (χ4v) is 5.27. The number of hydrogen-bond donors (Lipinski definition) is 1. The second kappa shape index (κ2) is 35.3. The van der Waals surface area contributed by atoms with E-state index in [4.69, 9.17) is 18.5 Å². The van der Waals surface area contributed by atoms with Gasteiger partial charge < -0.3 is 14.4 Å². The van der Waals surface area contributed by atoms with Crippen molar-refractivity contribution in [2.24, 2.45) is 0 Å². The van der Waals surface area contributed by atoms with Crippen molar-refractivity contribution < 1.29 is 37.6 Å². The Labute approximate surface area is 298 Å². The van der Waals surface area contributed by atoms with E-state index >= 15 is 0 Å². The molecule has 0 fully saturated rings. The molecule has 0 radical (unpaired) electrons. The molecule has 0 aliphatic heterocycles. The van der Waals surface area contributed by atoms with Gasteiger partial charge in [-0.2, -0.15) is 0 Å². The monoisotopic (exact) mass is 706 g/mol. The number of carbonyl (C=O) groups excluding carboxylic acids is 2. The fourth-order valence-electron chi connectivity index (χ4n) is 4.52. The van der Waals surface area contributed by atoms with Crippen molar-refractivity contribution in [1.82, 2.24) is 0 Å². The van der Waals surface area contributed by atoms with Crippen LogP contribution in [0.5, 0.6) is 0 Å². The van der Waals surface area contributed by atoms with Gasteiger partial charge in [-0.05, 0) is 84.0 Å². The zero-order chi connectivity index (χ0) is 36.1. The summed E-state index contributed by atoms with van der Waals surface area (Å²) in [6, 6.07) is 0. The molecule has 0 aromatic carbocycles. The summed E-state index contributed by atoms with van der Waals surface area (Å²) in [5.41, 5.74) is 0.